The van der Waals surface area contributed by atoms with E-state index in [1.165, 1.54) is 0 Å². The molecule has 4 bridgehead atoms. The number of carbonyl (C=O) groups excluding carboxylic acids is 2. The number of benzene rings is 1. The van der Waals surface area contributed by atoms with Crippen molar-refractivity contribution in [3.05, 3.63) is 46.5 Å². The van der Waals surface area contributed by atoms with E-state index < -0.39 is 0 Å². The molecule has 2 fully saturated rings. The summed E-state index contributed by atoms with van der Waals surface area (Å²) in [7, 11) is 3.31. The summed E-state index contributed by atoms with van der Waals surface area (Å²) in [4.78, 5) is 26.5. The molecule has 178 valence electrons. The summed E-state index contributed by atoms with van der Waals surface area (Å²) in [6, 6.07) is 3.90. The Balaban J connectivity index is 1.58. The first-order chi connectivity index (χ1) is 15.8. The zero-order chi connectivity index (χ0) is 23.5. The van der Waals surface area contributed by atoms with Gasteiger partial charge in [-0.15, -0.1) is 0 Å². The van der Waals surface area contributed by atoms with Crippen LogP contribution in [0.4, 0.5) is 10.5 Å². The van der Waals surface area contributed by atoms with Gasteiger partial charge < -0.3 is 24.4 Å². The van der Waals surface area contributed by atoms with Crippen LogP contribution in [0.1, 0.15) is 44.6 Å². The normalized spacial score (nSPS) is 30.9. The number of nitrogens with zero attached hydrogens (tertiary/aromatic N) is 1. The minimum Gasteiger partial charge on any atom is -0.495 e. The van der Waals surface area contributed by atoms with Gasteiger partial charge in [-0.05, 0) is 43.9 Å². The summed E-state index contributed by atoms with van der Waals surface area (Å²) >= 11 is 6.55. The lowest BCUT2D eigenvalue weighted by atomic mass is 9.99. The first-order valence-corrected chi connectivity index (χ1v) is 11.8. The molecule has 1 N–H and O–H groups in total. The first kappa shape index (κ1) is 23.6. The Morgan fingerprint density at radius 3 is 2.82 bits per heavy atom. The summed E-state index contributed by atoms with van der Waals surface area (Å²) in [6.45, 7) is 2.06. The molecule has 2 amide bonds. The van der Waals surface area contributed by atoms with Crippen LogP contribution in [0.5, 0.6) is 5.75 Å². The van der Waals surface area contributed by atoms with E-state index in [-0.39, 0.29) is 36.4 Å². The largest absolute Gasteiger partial charge is 0.495 e. The van der Waals surface area contributed by atoms with E-state index >= 15 is 0 Å². The Labute approximate surface area is 199 Å². The molecule has 0 saturated carbocycles. The molecule has 3 heterocycles. The van der Waals surface area contributed by atoms with Crippen LogP contribution >= 0.6 is 11.6 Å². The van der Waals surface area contributed by atoms with E-state index in [2.05, 4.69) is 24.4 Å². The van der Waals surface area contributed by atoms with Crippen molar-refractivity contribution in [2.75, 3.05) is 19.1 Å². The van der Waals surface area contributed by atoms with Crippen LogP contribution in [0.2, 0.25) is 5.02 Å². The lowest BCUT2D eigenvalue weighted by molar-refractivity contribution is -0.118. The van der Waals surface area contributed by atoms with Crippen LogP contribution in [0.15, 0.2) is 35.9 Å². The second-order valence-corrected chi connectivity index (χ2v) is 9.41. The Morgan fingerprint density at radius 1 is 1.21 bits per heavy atom. The van der Waals surface area contributed by atoms with E-state index in [0.29, 0.717) is 42.1 Å². The topological polar surface area (TPSA) is 80.4 Å². The van der Waals surface area contributed by atoms with Crippen molar-refractivity contribution in [1.82, 2.24) is 5.32 Å². The van der Waals surface area contributed by atoms with Gasteiger partial charge in [0, 0.05) is 32.4 Å². The van der Waals surface area contributed by atoms with E-state index in [1.54, 1.807) is 19.1 Å². The number of carbonyl (C=O) groups is 2. The number of halogens is 1. The van der Waals surface area contributed by atoms with Crippen molar-refractivity contribution in [3.63, 3.8) is 0 Å². The van der Waals surface area contributed by atoms with E-state index in [0.717, 1.165) is 24.0 Å². The van der Waals surface area contributed by atoms with Crippen molar-refractivity contribution in [3.8, 4) is 5.75 Å². The maximum atomic E-state index is 12.9. The second kappa shape index (κ2) is 10.2. The third-order valence-corrected chi connectivity index (χ3v) is 6.80. The van der Waals surface area contributed by atoms with Crippen molar-refractivity contribution >= 4 is 29.3 Å². The van der Waals surface area contributed by atoms with Crippen LogP contribution in [0.3, 0.4) is 0 Å². The maximum Gasteiger partial charge on any atom is 0.407 e. The number of hydrogen-bond acceptors (Lipinski definition) is 5. The predicted octanol–water partition coefficient (Wildman–Crippen LogP) is 4.56. The van der Waals surface area contributed by atoms with Gasteiger partial charge in [-0.25, -0.2) is 4.79 Å². The van der Waals surface area contributed by atoms with Gasteiger partial charge in [0.25, 0.3) is 0 Å². The SMILES string of the molecule is COc1cc2cc(c1Cl)N(C)C(=O)CCC1OC1CC1CC(C/C=C/C=C(\C)C2)NC(=O)O1. The molecule has 3 aliphatic rings. The summed E-state index contributed by atoms with van der Waals surface area (Å²) in [5.74, 6) is 0.512. The number of nitrogens with one attached hydrogen (secondary N) is 1. The monoisotopic (exact) mass is 474 g/mol. The zero-order valence-corrected chi connectivity index (χ0v) is 20.1. The van der Waals surface area contributed by atoms with Gasteiger partial charge in [-0.3, -0.25) is 4.79 Å². The van der Waals surface area contributed by atoms with E-state index in [1.807, 2.05) is 18.2 Å². The molecule has 0 spiro atoms. The van der Waals surface area contributed by atoms with Crippen LogP contribution in [0, 0.1) is 0 Å². The van der Waals surface area contributed by atoms with Crippen LogP contribution in [-0.4, -0.2) is 50.5 Å². The highest BCUT2D eigenvalue weighted by Gasteiger charge is 2.42. The second-order valence-electron chi connectivity index (χ2n) is 9.03. The number of anilines is 1. The van der Waals surface area contributed by atoms with Gasteiger partial charge in [0.1, 0.15) is 16.9 Å². The van der Waals surface area contributed by atoms with E-state index in [4.69, 9.17) is 25.8 Å². The highest BCUT2D eigenvalue weighted by Crippen LogP contribution is 2.38. The number of alkyl carbamates (subject to hydrolysis) is 1. The molecule has 4 unspecified atom stereocenters. The molecule has 0 radical (unpaired) electrons. The van der Waals surface area contributed by atoms with Gasteiger partial charge in [-0.1, -0.05) is 35.4 Å². The molecule has 33 heavy (non-hydrogen) atoms. The first-order valence-electron chi connectivity index (χ1n) is 11.4. The highest BCUT2D eigenvalue weighted by atomic mass is 35.5. The number of methoxy groups -OCH3 is 1. The van der Waals surface area contributed by atoms with Crippen LogP contribution < -0.4 is 15.0 Å². The molecule has 7 nitrogen and oxygen atoms in total. The van der Waals surface area contributed by atoms with Gasteiger partial charge in [0.2, 0.25) is 5.91 Å². The van der Waals surface area contributed by atoms with Crippen LogP contribution in [0.25, 0.3) is 0 Å². The van der Waals surface area contributed by atoms with Crippen molar-refractivity contribution in [2.45, 2.75) is 69.8 Å². The van der Waals surface area contributed by atoms with Gasteiger partial charge in [0.05, 0.1) is 25.0 Å². The Morgan fingerprint density at radius 2 is 2.03 bits per heavy atom. The summed E-state index contributed by atoms with van der Waals surface area (Å²) in [5, 5.41) is 3.32. The fourth-order valence-corrected chi connectivity index (χ4v) is 4.85. The Kier molecular flexibility index (Phi) is 7.29. The number of rotatable bonds is 1. The molecular formula is C25H31ClN2O5. The molecule has 4 atom stereocenters. The highest BCUT2D eigenvalue weighted by molar-refractivity contribution is 6.35. The van der Waals surface area contributed by atoms with Gasteiger partial charge in [-0.2, -0.15) is 0 Å². The number of allylic oxidation sites excluding steroid dienone is 3. The molecule has 2 saturated heterocycles. The maximum absolute atomic E-state index is 12.9. The van der Waals surface area contributed by atoms with Crippen molar-refractivity contribution < 1.29 is 23.8 Å². The molecule has 1 aromatic rings. The lowest BCUT2D eigenvalue weighted by Crippen LogP contribution is -2.45. The summed E-state index contributed by atoms with van der Waals surface area (Å²) in [6.07, 6.45) is 9.45. The van der Waals surface area contributed by atoms with Crippen LogP contribution in [-0.2, 0) is 20.7 Å². The van der Waals surface area contributed by atoms with Gasteiger partial charge >= 0.3 is 6.09 Å². The number of hydrogen-bond donors (Lipinski definition) is 1. The fourth-order valence-electron chi connectivity index (χ4n) is 4.53. The molecule has 8 heteroatoms. The van der Waals surface area contributed by atoms with Crippen molar-refractivity contribution in [1.29, 1.82) is 0 Å². The number of amides is 2. The smallest absolute Gasteiger partial charge is 0.407 e. The quantitative estimate of drug-likeness (QED) is 0.603. The molecule has 4 rings (SSSR count). The molecule has 0 aromatic heterocycles. The summed E-state index contributed by atoms with van der Waals surface area (Å²) < 4.78 is 16.7. The molecular weight excluding hydrogens is 444 g/mol. The molecule has 3 aliphatic heterocycles. The average Bonchev–Trinajstić information content (AvgIpc) is 3.52. The average molecular weight is 475 g/mol. The zero-order valence-electron chi connectivity index (χ0n) is 19.3. The lowest BCUT2D eigenvalue weighted by Gasteiger charge is -2.29. The Bertz CT molecular complexity index is 976. The minimum atomic E-state index is -0.374. The Hall–Kier alpha value is -2.51. The fraction of sp³-hybridized carbons (Fsp3) is 0.520. The number of ether oxygens (including phenoxy) is 3. The standard InChI is InChI=1S/C25H31ClN2O5/c1-15-6-4-5-7-17-13-18(32-25(30)27-17)14-21-20(33-21)8-9-23(29)28(2)19-11-16(10-15)12-22(31-3)24(19)26/h4-6,11-12,17-18,20-21H,7-10,13-14H2,1-3H3,(H,27,30)/b5-4+,15-6+. The molecule has 0 aliphatic carbocycles. The molecule has 1 aromatic carbocycles. The summed E-state index contributed by atoms with van der Waals surface area (Å²) in [5.41, 5.74) is 2.80. The third kappa shape index (κ3) is 5.89. The van der Waals surface area contributed by atoms with Gasteiger partial charge in [0.15, 0.2) is 0 Å². The van der Waals surface area contributed by atoms with E-state index in [9.17, 15) is 9.59 Å². The van der Waals surface area contributed by atoms with Crippen molar-refractivity contribution in [2.24, 2.45) is 0 Å². The number of fused-ring (bicyclic) bond motifs is 5. The third-order valence-electron chi connectivity index (χ3n) is 6.42. The predicted molar refractivity (Wildman–Crippen MR) is 127 cm³/mol. The minimum absolute atomic E-state index is 0.0135. The number of epoxide rings is 1.